The number of primary amides is 1. The van der Waals surface area contributed by atoms with Crippen molar-refractivity contribution in [1.29, 1.82) is 0 Å². The summed E-state index contributed by atoms with van der Waals surface area (Å²) >= 11 is 0. The zero-order valence-corrected chi connectivity index (χ0v) is 7.86. The molecule has 0 saturated carbocycles. The first-order valence-electron chi connectivity index (χ1n) is 4.16. The van der Waals surface area contributed by atoms with Crippen LogP contribution in [0.2, 0.25) is 0 Å². The number of nitrogens with zero attached hydrogens (tertiary/aromatic N) is 1. The van der Waals surface area contributed by atoms with Crippen LogP contribution in [0.4, 0.5) is 0 Å². The first kappa shape index (κ1) is 11.1. The molecule has 2 atom stereocenters. The van der Waals surface area contributed by atoms with Crippen LogP contribution in [0.15, 0.2) is 0 Å². The van der Waals surface area contributed by atoms with Crippen LogP contribution in [0.5, 0.6) is 0 Å². The van der Waals surface area contributed by atoms with Crippen LogP contribution in [0.25, 0.3) is 0 Å². The maximum Gasteiger partial charge on any atom is 0.255 e. The van der Waals surface area contributed by atoms with Gasteiger partial charge in [-0.05, 0) is 7.05 Å². The highest BCUT2D eigenvalue weighted by atomic mass is 16.3. The fraction of sp³-hybridized carbons (Fsp3) is 0.714. The number of aliphatic hydroxyl groups excluding tert-OH is 1. The zero-order chi connectivity index (χ0) is 10.8. The number of hydrogen-bond acceptors (Lipinski definition) is 6. The minimum absolute atomic E-state index is 0.0334. The summed E-state index contributed by atoms with van der Waals surface area (Å²) in [4.78, 5) is 22.7. The van der Waals surface area contributed by atoms with E-state index < -0.39 is 11.6 Å². The highest BCUT2D eigenvalue weighted by Gasteiger charge is 2.60. The van der Waals surface area contributed by atoms with Gasteiger partial charge < -0.3 is 15.6 Å². The minimum atomic E-state index is -1.08. The predicted molar refractivity (Wildman–Crippen MR) is 47.8 cm³/mol. The van der Waals surface area contributed by atoms with Gasteiger partial charge in [0, 0.05) is 0 Å². The largest absolute Gasteiger partial charge is 0.381 e. The number of carbonyl (C=O) groups is 2. The van der Waals surface area contributed by atoms with Crippen molar-refractivity contribution in [1.82, 2.24) is 15.5 Å². The topological polar surface area (TPSA) is 118 Å². The molecule has 1 heterocycles. The maximum absolute atomic E-state index is 11.1. The van der Waals surface area contributed by atoms with Crippen molar-refractivity contribution < 1.29 is 14.7 Å². The normalized spacial score (nSPS) is 30.4. The Morgan fingerprint density at radius 1 is 1.86 bits per heavy atom. The van der Waals surface area contributed by atoms with Crippen LogP contribution in [-0.4, -0.2) is 54.4 Å². The molecule has 2 unspecified atom stereocenters. The van der Waals surface area contributed by atoms with Crippen molar-refractivity contribution in [2.24, 2.45) is 5.73 Å². The summed E-state index contributed by atoms with van der Waals surface area (Å²) in [6, 6.07) is 0. The smallest absolute Gasteiger partial charge is 0.255 e. The Morgan fingerprint density at radius 2 is 2.50 bits per heavy atom. The molecule has 7 nitrogen and oxygen atoms in total. The maximum atomic E-state index is 11.1. The molecule has 0 radical (unpaired) electrons. The average molecular weight is 202 g/mol. The lowest BCUT2D eigenvalue weighted by molar-refractivity contribution is -0.122. The Labute approximate surface area is 81.2 Å². The third-order valence-corrected chi connectivity index (χ3v) is 2.21. The zero-order valence-electron chi connectivity index (χ0n) is 7.86. The number of aldehydes is 1. The standard InChI is InChI=1S/C7H14N4O3/c1-11(4-13)6-7(10-6,5(8)14)9-2-3-12/h3,6,9-10,13H,2,4H2,1H3,(H2,8,14). The number of amides is 1. The van der Waals surface area contributed by atoms with E-state index in [2.05, 4.69) is 10.6 Å². The molecule has 14 heavy (non-hydrogen) atoms. The van der Waals surface area contributed by atoms with Crippen LogP contribution in [-0.2, 0) is 9.59 Å². The highest BCUT2D eigenvalue weighted by Crippen LogP contribution is 2.24. The molecule has 1 rings (SSSR count). The van der Waals surface area contributed by atoms with E-state index in [1.54, 1.807) is 7.05 Å². The summed E-state index contributed by atoms with van der Waals surface area (Å²) in [5.41, 5.74) is 4.08. The SMILES string of the molecule is CN(CO)C1NC1(NCC=O)C(N)=O. The highest BCUT2D eigenvalue weighted by molar-refractivity contribution is 5.89. The molecule has 0 aromatic carbocycles. The molecule has 0 aliphatic carbocycles. The van der Waals surface area contributed by atoms with Crippen LogP contribution in [0.3, 0.4) is 0 Å². The molecular formula is C7H14N4O3. The van der Waals surface area contributed by atoms with E-state index in [9.17, 15) is 9.59 Å². The average Bonchev–Trinajstić information content (AvgIpc) is 2.89. The summed E-state index contributed by atoms with van der Waals surface area (Å²) in [5.74, 6) is -0.593. The molecular weight excluding hydrogens is 188 g/mol. The molecule has 0 spiro atoms. The molecule has 1 amide bonds. The summed E-state index contributed by atoms with van der Waals surface area (Å²) in [6.07, 6.45) is 0.269. The number of nitrogens with two attached hydrogens (primary N) is 1. The van der Waals surface area contributed by atoms with E-state index in [-0.39, 0.29) is 19.4 Å². The Hall–Kier alpha value is -1.02. The van der Waals surface area contributed by atoms with E-state index in [1.807, 2.05) is 0 Å². The summed E-state index contributed by atoms with van der Waals surface area (Å²) < 4.78 is 0. The van der Waals surface area contributed by atoms with Gasteiger partial charge in [-0.25, -0.2) is 0 Å². The second-order valence-corrected chi connectivity index (χ2v) is 3.17. The predicted octanol–water partition coefficient (Wildman–Crippen LogP) is -3.23. The van der Waals surface area contributed by atoms with Crippen molar-refractivity contribution in [3.8, 4) is 0 Å². The quantitative estimate of drug-likeness (QED) is 0.204. The second-order valence-electron chi connectivity index (χ2n) is 3.17. The third kappa shape index (κ3) is 1.75. The van der Waals surface area contributed by atoms with Crippen molar-refractivity contribution in [2.75, 3.05) is 20.3 Å². The van der Waals surface area contributed by atoms with E-state index in [0.29, 0.717) is 6.29 Å². The molecule has 1 saturated heterocycles. The fourth-order valence-corrected chi connectivity index (χ4v) is 1.34. The van der Waals surface area contributed by atoms with Gasteiger partial charge >= 0.3 is 0 Å². The fourth-order valence-electron chi connectivity index (χ4n) is 1.34. The van der Waals surface area contributed by atoms with Crippen LogP contribution < -0.4 is 16.4 Å². The molecule has 1 aliphatic heterocycles. The van der Waals surface area contributed by atoms with Crippen LogP contribution in [0.1, 0.15) is 0 Å². The Morgan fingerprint density at radius 3 is 2.93 bits per heavy atom. The monoisotopic (exact) mass is 202 g/mol. The Kier molecular flexibility index (Phi) is 3.17. The number of nitrogens with one attached hydrogen (secondary N) is 2. The molecule has 5 N–H and O–H groups in total. The van der Waals surface area contributed by atoms with Gasteiger partial charge in [0.15, 0.2) is 5.66 Å². The number of hydrogen-bond donors (Lipinski definition) is 4. The Balaban J connectivity index is 2.60. The molecule has 7 heteroatoms. The summed E-state index contributed by atoms with van der Waals surface area (Å²) in [6.45, 7) is -0.166. The van der Waals surface area contributed by atoms with Crippen molar-refractivity contribution in [3.05, 3.63) is 0 Å². The van der Waals surface area contributed by atoms with Gasteiger partial charge in [0.2, 0.25) is 0 Å². The lowest BCUT2D eigenvalue weighted by Gasteiger charge is -2.16. The minimum Gasteiger partial charge on any atom is -0.381 e. The van der Waals surface area contributed by atoms with Crippen molar-refractivity contribution >= 4 is 12.2 Å². The number of rotatable bonds is 6. The van der Waals surface area contributed by atoms with Gasteiger partial charge in [-0.2, -0.15) is 0 Å². The molecule has 1 fully saturated rings. The van der Waals surface area contributed by atoms with Gasteiger partial charge in [0.1, 0.15) is 12.5 Å². The lowest BCUT2D eigenvalue weighted by atomic mass is 10.2. The van der Waals surface area contributed by atoms with Gasteiger partial charge in [0.25, 0.3) is 5.91 Å². The number of likely N-dealkylation sites (N-methyl/N-ethyl adjacent to an activating group) is 1. The van der Waals surface area contributed by atoms with Crippen LogP contribution in [0, 0.1) is 0 Å². The molecule has 0 bridgehead atoms. The molecule has 1 aliphatic rings. The van der Waals surface area contributed by atoms with E-state index in [4.69, 9.17) is 10.8 Å². The lowest BCUT2D eigenvalue weighted by Crippen LogP contribution is -2.51. The number of aliphatic hydroxyl groups is 1. The van der Waals surface area contributed by atoms with E-state index in [1.165, 1.54) is 4.90 Å². The summed E-state index contributed by atoms with van der Waals surface area (Å²) in [5, 5.41) is 14.3. The Bertz CT molecular complexity index is 247. The van der Waals surface area contributed by atoms with Gasteiger partial charge in [-0.1, -0.05) is 0 Å². The molecule has 0 aromatic heterocycles. The van der Waals surface area contributed by atoms with Gasteiger partial charge in [0.05, 0.1) is 13.3 Å². The summed E-state index contributed by atoms with van der Waals surface area (Å²) in [7, 11) is 1.63. The first-order valence-corrected chi connectivity index (χ1v) is 4.16. The van der Waals surface area contributed by atoms with Gasteiger partial charge in [-0.3, -0.25) is 20.3 Å². The van der Waals surface area contributed by atoms with Crippen molar-refractivity contribution in [3.63, 3.8) is 0 Å². The second kappa shape index (κ2) is 4.01. The molecule has 0 aromatic rings. The van der Waals surface area contributed by atoms with E-state index >= 15 is 0 Å². The number of carbonyl (C=O) groups excluding carboxylic acids is 2. The first-order chi connectivity index (χ1) is 6.58. The van der Waals surface area contributed by atoms with Gasteiger partial charge in [-0.15, -0.1) is 0 Å². The van der Waals surface area contributed by atoms with E-state index in [0.717, 1.165) is 0 Å². The van der Waals surface area contributed by atoms with Crippen molar-refractivity contribution in [2.45, 2.75) is 11.8 Å². The third-order valence-electron chi connectivity index (χ3n) is 2.21. The van der Waals surface area contributed by atoms with Crippen LogP contribution >= 0.6 is 0 Å². The molecule has 80 valence electrons.